The second-order valence-corrected chi connectivity index (χ2v) is 7.52. The number of furan rings is 1. The number of rotatable bonds is 8. The Morgan fingerprint density at radius 1 is 1.24 bits per heavy atom. The molecule has 14 heteroatoms. The van der Waals surface area contributed by atoms with Gasteiger partial charge in [-0.3, -0.25) is 19.8 Å². The Kier molecular flexibility index (Phi) is 7.31. The Balaban J connectivity index is 1.91. The standard InChI is InChI=1S/C20H16BrN3O10/c1-31-16(25)9-33-17-10(5-11(21)7-14(17)24(29)30)6-13-18(26)23(20(28)22-13)8-12-3-4-15(34-12)19(27)32-2/h3-7H,8-9H2,1-2H3,(H,22,28)/b13-6-. The average Bonchev–Trinajstić information content (AvgIpc) is 3.37. The molecular weight excluding hydrogens is 522 g/mol. The molecule has 1 aromatic carbocycles. The quantitative estimate of drug-likeness (QED) is 0.173. The number of carbonyl (C=O) groups is 4. The van der Waals surface area contributed by atoms with E-state index < -0.39 is 41.1 Å². The number of halogens is 1. The zero-order valence-corrected chi connectivity index (χ0v) is 19.2. The van der Waals surface area contributed by atoms with E-state index in [2.05, 4.69) is 30.7 Å². The monoisotopic (exact) mass is 537 g/mol. The number of carbonyl (C=O) groups excluding carboxylic acids is 4. The maximum atomic E-state index is 12.8. The third-order valence-electron chi connectivity index (χ3n) is 4.45. The summed E-state index contributed by atoms with van der Waals surface area (Å²) in [6.45, 7) is -0.911. The fraction of sp³-hybridized carbons (Fsp3) is 0.200. The maximum absolute atomic E-state index is 12.8. The van der Waals surface area contributed by atoms with Gasteiger partial charge >= 0.3 is 23.7 Å². The number of hydrogen-bond acceptors (Lipinski definition) is 10. The van der Waals surface area contributed by atoms with Gasteiger partial charge in [0, 0.05) is 16.1 Å². The van der Waals surface area contributed by atoms with Crippen molar-refractivity contribution in [1.82, 2.24) is 10.2 Å². The molecule has 0 radical (unpaired) electrons. The van der Waals surface area contributed by atoms with Crippen LogP contribution in [0.2, 0.25) is 0 Å². The Morgan fingerprint density at radius 2 is 1.97 bits per heavy atom. The summed E-state index contributed by atoms with van der Waals surface area (Å²) in [7, 11) is 2.30. The van der Waals surface area contributed by atoms with Crippen molar-refractivity contribution in [1.29, 1.82) is 0 Å². The van der Waals surface area contributed by atoms with Crippen LogP contribution in [-0.2, 0) is 25.6 Å². The van der Waals surface area contributed by atoms with Crippen molar-refractivity contribution in [3.63, 3.8) is 0 Å². The van der Waals surface area contributed by atoms with Crippen LogP contribution < -0.4 is 10.1 Å². The maximum Gasteiger partial charge on any atom is 0.373 e. The molecule has 1 aliphatic heterocycles. The highest BCUT2D eigenvalue weighted by Crippen LogP contribution is 2.36. The predicted octanol–water partition coefficient (Wildman–Crippen LogP) is 2.38. The van der Waals surface area contributed by atoms with E-state index in [4.69, 9.17) is 9.15 Å². The number of amides is 3. The fourth-order valence-electron chi connectivity index (χ4n) is 2.89. The van der Waals surface area contributed by atoms with Gasteiger partial charge in [0.15, 0.2) is 6.61 Å². The fourth-order valence-corrected chi connectivity index (χ4v) is 3.35. The third-order valence-corrected chi connectivity index (χ3v) is 4.90. The van der Waals surface area contributed by atoms with E-state index in [9.17, 15) is 29.3 Å². The van der Waals surface area contributed by atoms with Crippen LogP contribution >= 0.6 is 15.9 Å². The first-order chi connectivity index (χ1) is 16.1. The number of esters is 2. The lowest BCUT2D eigenvalue weighted by molar-refractivity contribution is -0.385. The molecule has 1 saturated heterocycles. The second kappa shape index (κ2) is 10.2. The number of nitro groups is 1. The smallest absolute Gasteiger partial charge is 0.373 e. The number of nitrogens with zero attached hydrogens (tertiary/aromatic N) is 2. The minimum absolute atomic E-state index is 0.0430. The van der Waals surface area contributed by atoms with E-state index in [-0.39, 0.29) is 39.5 Å². The van der Waals surface area contributed by atoms with Crippen molar-refractivity contribution < 1.29 is 42.7 Å². The third kappa shape index (κ3) is 5.23. The van der Waals surface area contributed by atoms with Crippen molar-refractivity contribution in [2.45, 2.75) is 6.54 Å². The summed E-state index contributed by atoms with van der Waals surface area (Å²) in [6, 6.07) is 4.52. The lowest BCUT2D eigenvalue weighted by Gasteiger charge is -2.10. The van der Waals surface area contributed by atoms with Gasteiger partial charge in [-0.15, -0.1) is 0 Å². The zero-order valence-electron chi connectivity index (χ0n) is 17.7. The van der Waals surface area contributed by atoms with E-state index in [0.717, 1.165) is 18.1 Å². The topological polar surface area (TPSA) is 168 Å². The van der Waals surface area contributed by atoms with Crippen LogP contribution in [0.3, 0.4) is 0 Å². The van der Waals surface area contributed by atoms with Crippen LogP contribution in [-0.4, -0.2) is 54.5 Å². The van der Waals surface area contributed by atoms with Crippen LogP contribution in [0.25, 0.3) is 6.08 Å². The molecule has 34 heavy (non-hydrogen) atoms. The second-order valence-electron chi connectivity index (χ2n) is 6.60. The van der Waals surface area contributed by atoms with Gasteiger partial charge in [0.1, 0.15) is 11.5 Å². The zero-order chi connectivity index (χ0) is 25.0. The number of imide groups is 1. The highest BCUT2D eigenvalue weighted by Gasteiger charge is 2.35. The van der Waals surface area contributed by atoms with Gasteiger partial charge in [0.25, 0.3) is 5.91 Å². The van der Waals surface area contributed by atoms with E-state index in [1.165, 1.54) is 31.4 Å². The minimum Gasteiger partial charge on any atom is -0.474 e. The molecule has 3 rings (SSSR count). The molecule has 0 unspecified atom stereocenters. The summed E-state index contributed by atoms with van der Waals surface area (Å²) in [5.74, 6) is -2.53. The number of benzene rings is 1. The summed E-state index contributed by atoms with van der Waals surface area (Å²) in [4.78, 5) is 59.8. The summed E-state index contributed by atoms with van der Waals surface area (Å²) < 4.78 is 19.9. The average molecular weight is 538 g/mol. The molecule has 1 aliphatic rings. The van der Waals surface area contributed by atoms with Crippen molar-refractivity contribution >= 4 is 51.6 Å². The Labute approximate surface area is 199 Å². The molecule has 1 fully saturated rings. The number of methoxy groups -OCH3 is 2. The van der Waals surface area contributed by atoms with Crippen molar-refractivity contribution in [2.24, 2.45) is 0 Å². The molecule has 0 aliphatic carbocycles. The SMILES string of the molecule is COC(=O)COc1c(/C=C2\NC(=O)N(Cc3ccc(C(=O)OC)o3)C2=O)cc(Br)cc1[N+](=O)[O-]. The van der Waals surface area contributed by atoms with E-state index in [1.807, 2.05) is 0 Å². The van der Waals surface area contributed by atoms with Crippen LogP contribution in [0.15, 0.2) is 38.9 Å². The van der Waals surface area contributed by atoms with Gasteiger partial charge < -0.3 is 23.9 Å². The number of urea groups is 1. The molecule has 178 valence electrons. The minimum atomic E-state index is -0.784. The molecule has 0 bridgehead atoms. The first-order valence-electron chi connectivity index (χ1n) is 9.33. The van der Waals surface area contributed by atoms with Gasteiger partial charge in [0.2, 0.25) is 11.5 Å². The van der Waals surface area contributed by atoms with Crippen LogP contribution in [0.4, 0.5) is 10.5 Å². The van der Waals surface area contributed by atoms with Gasteiger partial charge in [-0.1, -0.05) is 15.9 Å². The first kappa shape index (κ1) is 24.4. The lowest BCUT2D eigenvalue weighted by Crippen LogP contribution is -2.30. The van der Waals surface area contributed by atoms with E-state index in [0.29, 0.717) is 0 Å². The number of hydrogen-bond donors (Lipinski definition) is 1. The Morgan fingerprint density at radius 3 is 2.62 bits per heavy atom. The number of nitro benzene ring substituents is 1. The van der Waals surface area contributed by atoms with Crippen LogP contribution in [0, 0.1) is 10.1 Å². The van der Waals surface area contributed by atoms with Gasteiger partial charge in [-0.05, 0) is 24.3 Å². The predicted molar refractivity (Wildman–Crippen MR) is 115 cm³/mol. The lowest BCUT2D eigenvalue weighted by atomic mass is 10.1. The number of nitrogens with one attached hydrogen (secondary N) is 1. The van der Waals surface area contributed by atoms with Crippen LogP contribution in [0.1, 0.15) is 21.9 Å². The summed E-state index contributed by atoms with van der Waals surface area (Å²) in [5.41, 5.74) is -0.647. The van der Waals surface area contributed by atoms with Crippen molar-refractivity contribution in [3.8, 4) is 5.75 Å². The Hall–Kier alpha value is -4.20. The Bertz CT molecular complexity index is 1220. The molecule has 1 N–H and O–H groups in total. The van der Waals surface area contributed by atoms with Crippen molar-refractivity contribution in [2.75, 3.05) is 20.8 Å². The van der Waals surface area contributed by atoms with Crippen LogP contribution in [0.5, 0.6) is 5.75 Å². The molecule has 2 aromatic rings. The molecular formula is C20H16BrN3O10. The largest absolute Gasteiger partial charge is 0.474 e. The molecule has 3 amide bonds. The summed E-state index contributed by atoms with van der Waals surface area (Å²) in [6.07, 6.45) is 1.17. The molecule has 0 spiro atoms. The van der Waals surface area contributed by atoms with Gasteiger partial charge in [-0.25, -0.2) is 14.4 Å². The summed E-state index contributed by atoms with van der Waals surface area (Å²) in [5, 5.41) is 13.9. The highest BCUT2D eigenvalue weighted by molar-refractivity contribution is 9.10. The number of ether oxygens (including phenoxy) is 3. The van der Waals surface area contributed by atoms with Crippen molar-refractivity contribution in [3.05, 3.63) is 61.6 Å². The normalized spacial score (nSPS) is 14.2. The molecule has 13 nitrogen and oxygen atoms in total. The highest BCUT2D eigenvalue weighted by atomic mass is 79.9. The van der Waals surface area contributed by atoms with E-state index >= 15 is 0 Å². The summed E-state index contributed by atoms with van der Waals surface area (Å²) >= 11 is 3.15. The van der Waals surface area contributed by atoms with Gasteiger partial charge in [-0.2, -0.15) is 0 Å². The molecule has 0 atom stereocenters. The van der Waals surface area contributed by atoms with E-state index in [1.54, 1.807) is 0 Å². The first-order valence-corrected chi connectivity index (χ1v) is 10.1. The molecule has 1 aromatic heterocycles. The molecule has 0 saturated carbocycles. The molecule has 2 heterocycles. The van der Waals surface area contributed by atoms with Gasteiger partial charge in [0.05, 0.1) is 25.7 Å².